The van der Waals surface area contributed by atoms with Gasteiger partial charge >= 0.3 is 0 Å². The number of rotatable bonds is 5. The van der Waals surface area contributed by atoms with E-state index in [4.69, 9.17) is 9.26 Å². The number of benzene rings is 1. The number of nitrogens with zero attached hydrogens (tertiary/aromatic N) is 3. The zero-order valence-corrected chi connectivity index (χ0v) is 13.2. The smallest absolute Gasteiger partial charge is 0.259 e. The van der Waals surface area contributed by atoms with Gasteiger partial charge in [-0.15, -0.1) is 0 Å². The Balaban J connectivity index is 1.81. The van der Waals surface area contributed by atoms with Crippen LogP contribution in [0.3, 0.4) is 0 Å². The summed E-state index contributed by atoms with van der Waals surface area (Å²) < 4.78 is 11.3. The first-order valence-electron chi connectivity index (χ1n) is 7.57. The summed E-state index contributed by atoms with van der Waals surface area (Å²) in [4.78, 5) is 13.8. The molecule has 1 amide bonds. The molecule has 23 heavy (non-hydrogen) atoms. The summed E-state index contributed by atoms with van der Waals surface area (Å²) in [6.45, 7) is 0.170. The topological polar surface area (TPSA) is 82.5 Å². The van der Waals surface area contributed by atoms with Crippen molar-refractivity contribution in [2.24, 2.45) is 5.92 Å². The van der Waals surface area contributed by atoms with Crippen LogP contribution in [0.25, 0.3) is 5.69 Å². The van der Waals surface area contributed by atoms with Crippen LogP contribution in [0.2, 0.25) is 0 Å². The molecular weight excluding hydrogens is 298 g/mol. The van der Waals surface area contributed by atoms with Gasteiger partial charge in [-0.25, -0.2) is 0 Å². The molecule has 0 bridgehead atoms. The first kappa shape index (κ1) is 15.3. The highest BCUT2D eigenvalue weighted by Crippen LogP contribution is 2.28. The zero-order chi connectivity index (χ0) is 16.4. The summed E-state index contributed by atoms with van der Waals surface area (Å²) in [6, 6.07) is 7.10. The summed E-state index contributed by atoms with van der Waals surface area (Å²) >= 11 is 0. The molecule has 1 heterocycles. The molecule has 1 aromatic carbocycles. The van der Waals surface area contributed by atoms with Crippen molar-refractivity contribution in [2.45, 2.75) is 25.8 Å². The third-order valence-corrected chi connectivity index (χ3v) is 4.23. The predicted octanol–water partition coefficient (Wildman–Crippen LogP) is 0.792. The predicted molar refractivity (Wildman–Crippen MR) is 77.8 cm³/mol. The summed E-state index contributed by atoms with van der Waals surface area (Å²) in [5, 5.41) is 15.7. The van der Waals surface area contributed by atoms with Crippen LogP contribution in [0.4, 0.5) is 0 Å². The van der Waals surface area contributed by atoms with E-state index in [9.17, 15) is 9.90 Å². The van der Waals surface area contributed by atoms with Gasteiger partial charge in [-0.05, 0) is 29.7 Å². The minimum absolute atomic E-state index is 0.0677. The maximum atomic E-state index is 12.2. The Bertz CT molecular complexity index is 692. The number of aromatic nitrogens is 2. The van der Waals surface area contributed by atoms with Gasteiger partial charge in [0.1, 0.15) is 12.3 Å². The van der Waals surface area contributed by atoms with Crippen molar-refractivity contribution in [3.63, 3.8) is 0 Å². The first-order chi connectivity index (χ1) is 11.1. The Morgan fingerprint density at radius 2 is 2.13 bits per heavy atom. The van der Waals surface area contributed by atoms with E-state index in [1.165, 1.54) is 4.68 Å². The Labute approximate surface area is 134 Å². The van der Waals surface area contributed by atoms with Gasteiger partial charge in [0.25, 0.3) is 5.69 Å². The van der Waals surface area contributed by atoms with Crippen LogP contribution in [-0.2, 0) is 11.3 Å². The maximum absolute atomic E-state index is 12.2. The van der Waals surface area contributed by atoms with Crippen molar-refractivity contribution in [1.82, 2.24) is 10.2 Å². The van der Waals surface area contributed by atoms with Crippen LogP contribution in [0, 0.1) is 5.92 Å². The van der Waals surface area contributed by atoms with Gasteiger partial charge in [0.15, 0.2) is 5.95 Å². The number of hydrogen-bond acceptors (Lipinski definition) is 5. The normalized spacial score (nSPS) is 14.3. The van der Waals surface area contributed by atoms with Gasteiger partial charge in [0, 0.05) is 25.1 Å². The van der Waals surface area contributed by atoms with Crippen LogP contribution in [0.15, 0.2) is 28.8 Å². The van der Waals surface area contributed by atoms with Crippen molar-refractivity contribution in [3.8, 4) is 17.4 Å². The molecule has 1 saturated carbocycles. The third kappa shape index (κ3) is 2.99. The summed E-state index contributed by atoms with van der Waals surface area (Å²) in [5.41, 5.74) is 1.00. The minimum Gasteiger partial charge on any atom is -0.539 e. The lowest BCUT2D eigenvalue weighted by Gasteiger charge is -2.28. The molecule has 7 nitrogen and oxygen atoms in total. The van der Waals surface area contributed by atoms with Crippen LogP contribution < -0.4 is 14.5 Å². The van der Waals surface area contributed by atoms with Crippen molar-refractivity contribution >= 4 is 5.91 Å². The molecule has 7 heteroatoms. The lowest BCUT2D eigenvalue weighted by atomic mass is 9.84. The zero-order valence-electron chi connectivity index (χ0n) is 13.2. The minimum atomic E-state index is -0.533. The highest BCUT2D eigenvalue weighted by atomic mass is 16.6. The summed E-state index contributed by atoms with van der Waals surface area (Å²) in [7, 11) is 3.28. The highest BCUT2D eigenvalue weighted by molar-refractivity contribution is 5.79. The van der Waals surface area contributed by atoms with Crippen molar-refractivity contribution in [1.29, 1.82) is 0 Å². The molecule has 0 aliphatic heterocycles. The Hall–Kier alpha value is -2.57. The summed E-state index contributed by atoms with van der Waals surface area (Å²) in [6.07, 6.45) is 2.95. The lowest BCUT2D eigenvalue weighted by molar-refractivity contribution is -0.678. The molecule has 1 aliphatic carbocycles. The Kier molecular flexibility index (Phi) is 4.18. The van der Waals surface area contributed by atoms with E-state index in [0.717, 1.165) is 19.3 Å². The maximum Gasteiger partial charge on any atom is 0.259 e. The fraction of sp³-hybridized carbons (Fsp3) is 0.438. The van der Waals surface area contributed by atoms with Crippen LogP contribution in [0.1, 0.15) is 25.0 Å². The van der Waals surface area contributed by atoms with E-state index in [1.54, 1.807) is 43.3 Å². The molecule has 0 saturated heterocycles. The lowest BCUT2D eigenvalue weighted by Crippen LogP contribution is -2.42. The first-order valence-corrected chi connectivity index (χ1v) is 7.57. The van der Waals surface area contributed by atoms with Gasteiger partial charge < -0.3 is 19.3 Å². The number of amides is 1. The quantitative estimate of drug-likeness (QED) is 0.762. The monoisotopic (exact) mass is 317 g/mol. The van der Waals surface area contributed by atoms with E-state index >= 15 is 0 Å². The molecular formula is C16H19N3O4. The molecule has 0 N–H and O–H groups in total. The summed E-state index contributed by atoms with van der Waals surface area (Å²) in [5.74, 6) is 0.329. The number of carbonyl (C=O) groups excluding carboxylic acids is 1. The number of ether oxygens (including phenoxy) is 1. The molecule has 2 aromatic rings. The largest absolute Gasteiger partial charge is 0.539 e. The Morgan fingerprint density at radius 3 is 2.70 bits per heavy atom. The van der Waals surface area contributed by atoms with Gasteiger partial charge in [-0.1, -0.05) is 6.42 Å². The van der Waals surface area contributed by atoms with Gasteiger partial charge in [0.05, 0.1) is 12.4 Å². The van der Waals surface area contributed by atoms with Crippen LogP contribution >= 0.6 is 0 Å². The van der Waals surface area contributed by atoms with E-state index in [2.05, 4.69) is 5.27 Å². The van der Waals surface area contributed by atoms with E-state index in [0.29, 0.717) is 17.1 Å². The second-order valence-corrected chi connectivity index (χ2v) is 5.74. The van der Waals surface area contributed by atoms with Gasteiger partial charge in [-0.3, -0.25) is 4.79 Å². The average molecular weight is 317 g/mol. The van der Waals surface area contributed by atoms with E-state index < -0.39 is 5.95 Å². The second-order valence-electron chi connectivity index (χ2n) is 5.74. The fourth-order valence-corrected chi connectivity index (χ4v) is 2.59. The standard InChI is InChI=1S/C16H19N3O4/c1-18(15(20)11-4-3-5-11)10-14-16(21)23-17-19(14)12-6-8-13(22-2)9-7-12/h6-9,11H,3-5,10H2,1-2H3. The molecule has 122 valence electrons. The van der Waals surface area contributed by atoms with E-state index in [-0.39, 0.29) is 18.4 Å². The SMILES string of the molecule is COc1ccc(-[n+]2noc([O-])c2CN(C)C(=O)C2CCC2)cc1. The van der Waals surface area contributed by atoms with Gasteiger partial charge in [0.2, 0.25) is 11.6 Å². The number of hydrogen-bond donors (Lipinski definition) is 0. The van der Waals surface area contributed by atoms with Crippen LogP contribution in [-0.4, -0.2) is 30.2 Å². The third-order valence-electron chi connectivity index (χ3n) is 4.23. The molecule has 0 spiro atoms. The number of carbonyl (C=O) groups is 1. The molecule has 0 atom stereocenters. The molecule has 1 fully saturated rings. The van der Waals surface area contributed by atoms with E-state index in [1.807, 2.05) is 0 Å². The van der Waals surface area contributed by atoms with Crippen molar-refractivity contribution < 1.29 is 23.8 Å². The molecule has 1 aliphatic rings. The molecule has 0 unspecified atom stereocenters. The molecule has 1 aromatic heterocycles. The fourth-order valence-electron chi connectivity index (χ4n) is 2.59. The number of methoxy groups -OCH3 is 1. The molecule has 0 radical (unpaired) electrons. The average Bonchev–Trinajstić information content (AvgIpc) is 2.86. The van der Waals surface area contributed by atoms with Crippen molar-refractivity contribution in [3.05, 3.63) is 30.0 Å². The van der Waals surface area contributed by atoms with Crippen molar-refractivity contribution in [2.75, 3.05) is 14.2 Å². The van der Waals surface area contributed by atoms with Crippen LogP contribution in [0.5, 0.6) is 11.7 Å². The highest BCUT2D eigenvalue weighted by Gasteiger charge is 2.30. The van der Waals surface area contributed by atoms with Gasteiger partial charge in [-0.2, -0.15) is 0 Å². The second kappa shape index (κ2) is 6.28. The molecule has 3 rings (SSSR count). The Morgan fingerprint density at radius 1 is 1.43 bits per heavy atom.